The molecule has 1 aromatic carbocycles. The Bertz CT molecular complexity index is 583. The van der Waals surface area contributed by atoms with Gasteiger partial charge < -0.3 is 10.4 Å². The molecule has 0 heterocycles. The first-order chi connectivity index (χ1) is 9.81. The number of sulfone groups is 1. The molecule has 1 unspecified atom stereocenters. The highest BCUT2D eigenvalue weighted by Gasteiger charge is 2.16. The van der Waals surface area contributed by atoms with E-state index in [4.69, 9.17) is 5.11 Å². The molecule has 7 heteroatoms. The molecule has 2 N–H and O–H groups in total. The fraction of sp³-hybridized carbons (Fsp3) is 0.429. The van der Waals surface area contributed by atoms with Gasteiger partial charge in [-0.15, -0.1) is 0 Å². The van der Waals surface area contributed by atoms with E-state index in [-0.39, 0.29) is 36.0 Å². The highest BCUT2D eigenvalue weighted by Crippen LogP contribution is 2.11. The van der Waals surface area contributed by atoms with Crippen molar-refractivity contribution in [2.45, 2.75) is 24.7 Å². The Morgan fingerprint density at radius 1 is 1.24 bits per heavy atom. The summed E-state index contributed by atoms with van der Waals surface area (Å²) in [7, 11) is -3.47. The normalized spacial score (nSPS) is 12.6. The van der Waals surface area contributed by atoms with Crippen LogP contribution in [0.25, 0.3) is 0 Å². The van der Waals surface area contributed by atoms with Gasteiger partial charge in [-0.25, -0.2) is 8.42 Å². The van der Waals surface area contributed by atoms with Crippen LogP contribution in [0.2, 0.25) is 0 Å². The second kappa shape index (κ2) is 7.78. The van der Waals surface area contributed by atoms with E-state index >= 15 is 0 Å². The number of rotatable bonds is 8. The van der Waals surface area contributed by atoms with Gasteiger partial charge in [-0.2, -0.15) is 0 Å². The fourth-order valence-corrected chi connectivity index (χ4v) is 2.98. The van der Waals surface area contributed by atoms with Crippen molar-refractivity contribution >= 4 is 21.7 Å². The topological polar surface area (TPSA) is 101 Å². The van der Waals surface area contributed by atoms with E-state index in [9.17, 15) is 18.0 Å². The molecule has 0 saturated heterocycles. The van der Waals surface area contributed by atoms with E-state index in [1.807, 2.05) is 0 Å². The first-order valence-electron chi connectivity index (χ1n) is 6.57. The van der Waals surface area contributed by atoms with Crippen LogP contribution in [0.5, 0.6) is 0 Å². The molecular weight excluding hydrogens is 294 g/mol. The minimum Gasteiger partial charge on any atom is -0.481 e. The molecule has 6 nitrogen and oxygen atoms in total. The second-order valence-electron chi connectivity index (χ2n) is 4.89. The molecule has 0 spiro atoms. The zero-order valence-electron chi connectivity index (χ0n) is 11.8. The van der Waals surface area contributed by atoms with Crippen LogP contribution in [0.15, 0.2) is 35.2 Å². The minimum absolute atomic E-state index is 0.0391. The molecule has 116 valence electrons. The monoisotopic (exact) mass is 313 g/mol. The maximum atomic E-state index is 12.0. The third kappa shape index (κ3) is 6.40. The van der Waals surface area contributed by atoms with Gasteiger partial charge in [0.15, 0.2) is 9.84 Å². The molecule has 0 aromatic heterocycles. The first kappa shape index (κ1) is 17.2. The zero-order valence-corrected chi connectivity index (χ0v) is 12.6. The summed E-state index contributed by atoms with van der Waals surface area (Å²) in [6.07, 6.45) is -0.181. The number of hydrogen-bond acceptors (Lipinski definition) is 4. The summed E-state index contributed by atoms with van der Waals surface area (Å²) in [5.41, 5.74) is 0. The Kier molecular flexibility index (Phi) is 6.36. The quantitative estimate of drug-likeness (QED) is 0.748. The Morgan fingerprint density at radius 3 is 2.43 bits per heavy atom. The lowest BCUT2D eigenvalue weighted by molar-refractivity contribution is -0.138. The molecule has 0 radical (unpaired) electrons. The number of hydrogen-bond donors (Lipinski definition) is 2. The second-order valence-corrected chi connectivity index (χ2v) is 7.00. The Hall–Kier alpha value is -1.89. The van der Waals surface area contributed by atoms with Crippen LogP contribution >= 0.6 is 0 Å². The van der Waals surface area contributed by atoms with Gasteiger partial charge >= 0.3 is 5.97 Å². The van der Waals surface area contributed by atoms with Crippen molar-refractivity contribution in [3.8, 4) is 0 Å². The predicted molar refractivity (Wildman–Crippen MR) is 77.5 cm³/mol. The van der Waals surface area contributed by atoms with Crippen LogP contribution < -0.4 is 5.32 Å². The Balaban J connectivity index is 2.41. The Labute approximate surface area is 124 Å². The number of carboxylic acid groups (broad SMARTS) is 1. The molecule has 1 amide bonds. The summed E-state index contributed by atoms with van der Waals surface area (Å²) in [4.78, 5) is 22.3. The average molecular weight is 313 g/mol. The molecule has 0 fully saturated rings. The minimum atomic E-state index is -3.47. The summed E-state index contributed by atoms with van der Waals surface area (Å²) in [6, 6.07) is 7.95. The molecule has 1 atom stereocenters. The maximum Gasteiger partial charge on any atom is 0.303 e. The summed E-state index contributed by atoms with van der Waals surface area (Å²) >= 11 is 0. The largest absolute Gasteiger partial charge is 0.481 e. The van der Waals surface area contributed by atoms with Crippen LogP contribution in [0.3, 0.4) is 0 Å². The van der Waals surface area contributed by atoms with Gasteiger partial charge in [0.25, 0.3) is 0 Å². The lowest BCUT2D eigenvalue weighted by Crippen LogP contribution is -2.30. The van der Waals surface area contributed by atoms with Crippen LogP contribution in [0.4, 0.5) is 0 Å². The molecular formula is C14H19NO5S. The summed E-state index contributed by atoms with van der Waals surface area (Å²) in [5.74, 6) is -1.79. The smallest absolute Gasteiger partial charge is 0.303 e. The van der Waals surface area contributed by atoms with E-state index in [1.54, 1.807) is 25.1 Å². The summed E-state index contributed by atoms with van der Waals surface area (Å²) in [5, 5.41) is 11.1. The number of amides is 1. The lowest BCUT2D eigenvalue weighted by atomic mass is 10.1. The fourth-order valence-electron chi connectivity index (χ4n) is 1.72. The van der Waals surface area contributed by atoms with Crippen LogP contribution in [-0.4, -0.2) is 37.7 Å². The van der Waals surface area contributed by atoms with Crippen molar-refractivity contribution < 1.29 is 23.1 Å². The van der Waals surface area contributed by atoms with Gasteiger partial charge in [0, 0.05) is 19.4 Å². The predicted octanol–water partition coefficient (Wildman–Crippen LogP) is 1.08. The molecule has 1 rings (SSSR count). The SMILES string of the molecule is CC(CNC(=O)CCS(=O)(=O)c1ccccc1)CC(=O)O. The van der Waals surface area contributed by atoms with Gasteiger partial charge in [0.1, 0.15) is 0 Å². The van der Waals surface area contributed by atoms with Gasteiger partial charge in [-0.3, -0.25) is 9.59 Å². The van der Waals surface area contributed by atoms with Gasteiger partial charge in [0.05, 0.1) is 10.6 Å². The molecule has 0 saturated carbocycles. The average Bonchev–Trinajstić information content (AvgIpc) is 2.43. The number of benzene rings is 1. The van der Waals surface area contributed by atoms with Gasteiger partial charge in [0.2, 0.25) is 5.91 Å². The van der Waals surface area contributed by atoms with E-state index < -0.39 is 21.7 Å². The van der Waals surface area contributed by atoms with E-state index in [1.165, 1.54) is 12.1 Å². The van der Waals surface area contributed by atoms with Crippen molar-refractivity contribution in [1.82, 2.24) is 5.32 Å². The molecule has 1 aromatic rings. The third-order valence-corrected chi connectivity index (χ3v) is 4.60. The molecule has 0 aliphatic heterocycles. The summed E-state index contributed by atoms with van der Waals surface area (Å²) in [6.45, 7) is 1.92. The molecule has 0 aliphatic rings. The lowest BCUT2D eigenvalue weighted by Gasteiger charge is -2.10. The van der Waals surface area contributed by atoms with Gasteiger partial charge in [-0.1, -0.05) is 25.1 Å². The summed E-state index contributed by atoms with van der Waals surface area (Å²) < 4.78 is 23.9. The van der Waals surface area contributed by atoms with Crippen LogP contribution in [0.1, 0.15) is 19.8 Å². The van der Waals surface area contributed by atoms with Gasteiger partial charge in [-0.05, 0) is 18.1 Å². The maximum absolute atomic E-state index is 12.0. The number of carbonyl (C=O) groups excluding carboxylic acids is 1. The van der Waals surface area contributed by atoms with E-state index in [2.05, 4.69) is 5.32 Å². The third-order valence-electron chi connectivity index (χ3n) is 2.87. The van der Waals surface area contributed by atoms with Crippen LogP contribution in [-0.2, 0) is 19.4 Å². The number of aliphatic carboxylic acids is 1. The first-order valence-corrected chi connectivity index (χ1v) is 8.23. The number of carbonyl (C=O) groups is 2. The number of carboxylic acids is 1. The van der Waals surface area contributed by atoms with E-state index in [0.29, 0.717) is 0 Å². The van der Waals surface area contributed by atoms with Crippen molar-refractivity contribution in [3.05, 3.63) is 30.3 Å². The van der Waals surface area contributed by atoms with Crippen molar-refractivity contribution in [1.29, 1.82) is 0 Å². The molecule has 21 heavy (non-hydrogen) atoms. The zero-order chi connectivity index (χ0) is 15.9. The standard InChI is InChI=1S/C14H19NO5S/c1-11(9-14(17)18)10-15-13(16)7-8-21(19,20)12-5-3-2-4-6-12/h2-6,11H,7-10H2,1H3,(H,15,16)(H,17,18). The molecule has 0 aliphatic carbocycles. The van der Waals surface area contributed by atoms with Crippen LogP contribution in [0, 0.1) is 5.92 Å². The Morgan fingerprint density at radius 2 is 1.86 bits per heavy atom. The highest BCUT2D eigenvalue weighted by molar-refractivity contribution is 7.91. The molecule has 0 bridgehead atoms. The van der Waals surface area contributed by atoms with E-state index in [0.717, 1.165) is 0 Å². The van der Waals surface area contributed by atoms with Crippen molar-refractivity contribution in [2.24, 2.45) is 5.92 Å². The highest BCUT2D eigenvalue weighted by atomic mass is 32.2. The van der Waals surface area contributed by atoms with Crippen molar-refractivity contribution in [2.75, 3.05) is 12.3 Å². The van der Waals surface area contributed by atoms with Crippen molar-refractivity contribution in [3.63, 3.8) is 0 Å². The number of nitrogens with one attached hydrogen (secondary N) is 1.